The normalized spacial score (nSPS) is 15.3. The van der Waals surface area contributed by atoms with Crippen LogP contribution < -0.4 is 0 Å². The Morgan fingerprint density at radius 3 is 2.50 bits per heavy atom. The first-order chi connectivity index (χ1) is 12.4. The van der Waals surface area contributed by atoms with Crippen LogP contribution in [0.4, 0.5) is 0 Å². The Balaban J connectivity index is 1.60. The van der Waals surface area contributed by atoms with E-state index in [0.29, 0.717) is 28.8 Å². The average molecular weight is 396 g/mol. The lowest BCUT2D eigenvalue weighted by atomic mass is 10.0. The van der Waals surface area contributed by atoms with E-state index in [-0.39, 0.29) is 23.9 Å². The summed E-state index contributed by atoms with van der Waals surface area (Å²) in [5, 5.41) is 14.3. The molecule has 1 saturated heterocycles. The van der Waals surface area contributed by atoms with Crippen LogP contribution in [0, 0.1) is 6.92 Å². The molecule has 0 radical (unpaired) electrons. The highest BCUT2D eigenvalue weighted by molar-refractivity contribution is 6.42. The lowest BCUT2D eigenvalue weighted by Crippen LogP contribution is -2.40. The third-order valence-electron chi connectivity index (χ3n) is 4.78. The number of carboxylic acids is 1. The zero-order chi connectivity index (χ0) is 18.8. The van der Waals surface area contributed by atoms with Crippen molar-refractivity contribution in [3.63, 3.8) is 0 Å². The van der Waals surface area contributed by atoms with E-state index < -0.39 is 5.97 Å². The van der Waals surface area contributed by atoms with E-state index in [9.17, 15) is 9.59 Å². The van der Waals surface area contributed by atoms with E-state index >= 15 is 0 Å². The van der Waals surface area contributed by atoms with Crippen LogP contribution >= 0.6 is 23.2 Å². The van der Waals surface area contributed by atoms with Gasteiger partial charge in [-0.2, -0.15) is 5.10 Å². The molecule has 1 aromatic heterocycles. The lowest BCUT2D eigenvalue weighted by molar-refractivity contribution is -0.131. The largest absolute Gasteiger partial charge is 0.478 e. The van der Waals surface area contributed by atoms with Crippen LogP contribution in [-0.2, 0) is 11.2 Å². The first-order valence-electron chi connectivity index (χ1n) is 8.36. The fourth-order valence-electron chi connectivity index (χ4n) is 3.30. The molecule has 138 valence electrons. The Kier molecular flexibility index (Phi) is 5.53. The number of piperidine rings is 1. The van der Waals surface area contributed by atoms with Crippen LogP contribution in [0.25, 0.3) is 0 Å². The van der Waals surface area contributed by atoms with E-state index in [1.165, 1.54) is 6.20 Å². The number of amides is 1. The summed E-state index contributed by atoms with van der Waals surface area (Å²) in [6.45, 7) is 3.00. The van der Waals surface area contributed by atoms with Crippen molar-refractivity contribution in [2.24, 2.45) is 0 Å². The van der Waals surface area contributed by atoms with Crippen LogP contribution in [0.5, 0.6) is 0 Å². The molecule has 1 fully saturated rings. The SMILES string of the molecule is Cc1c(C(=O)O)cnn1C1CCN(C(=O)Cc2ccc(Cl)c(Cl)c2)CC1. The highest BCUT2D eigenvalue weighted by atomic mass is 35.5. The average Bonchev–Trinajstić information content (AvgIpc) is 3.00. The second kappa shape index (κ2) is 7.68. The molecular formula is C18H19Cl2N3O3. The summed E-state index contributed by atoms with van der Waals surface area (Å²) < 4.78 is 1.77. The van der Waals surface area contributed by atoms with Crippen LogP contribution in [0.2, 0.25) is 10.0 Å². The van der Waals surface area contributed by atoms with Gasteiger partial charge in [0.05, 0.1) is 34.4 Å². The van der Waals surface area contributed by atoms with Gasteiger partial charge in [-0.25, -0.2) is 4.79 Å². The maximum Gasteiger partial charge on any atom is 0.339 e. The van der Waals surface area contributed by atoms with Crippen molar-refractivity contribution >= 4 is 35.1 Å². The fourth-order valence-corrected chi connectivity index (χ4v) is 3.62. The van der Waals surface area contributed by atoms with Crippen molar-refractivity contribution in [2.45, 2.75) is 32.2 Å². The number of halogens is 2. The molecule has 0 spiro atoms. The minimum atomic E-state index is -0.969. The van der Waals surface area contributed by atoms with Crippen LogP contribution in [0.3, 0.4) is 0 Å². The van der Waals surface area contributed by atoms with Gasteiger partial charge in [0, 0.05) is 13.1 Å². The van der Waals surface area contributed by atoms with Crippen molar-refractivity contribution in [3.8, 4) is 0 Å². The van der Waals surface area contributed by atoms with Gasteiger partial charge in [-0.3, -0.25) is 9.48 Å². The van der Waals surface area contributed by atoms with Crippen molar-refractivity contribution in [3.05, 3.63) is 51.3 Å². The summed E-state index contributed by atoms with van der Waals surface area (Å²) >= 11 is 11.9. The smallest absolute Gasteiger partial charge is 0.339 e. The quantitative estimate of drug-likeness (QED) is 0.857. The number of aromatic carboxylic acids is 1. The first kappa shape index (κ1) is 18.7. The minimum absolute atomic E-state index is 0.0465. The molecule has 0 aliphatic carbocycles. The van der Waals surface area contributed by atoms with E-state index in [1.54, 1.807) is 29.8 Å². The monoisotopic (exact) mass is 395 g/mol. The second-order valence-corrected chi connectivity index (χ2v) is 7.24. The fraction of sp³-hybridized carbons (Fsp3) is 0.389. The summed E-state index contributed by atoms with van der Waals surface area (Å²) in [5.74, 6) is -0.923. The van der Waals surface area contributed by atoms with Crippen molar-refractivity contribution in [1.82, 2.24) is 14.7 Å². The highest BCUT2D eigenvalue weighted by Crippen LogP contribution is 2.26. The van der Waals surface area contributed by atoms with Gasteiger partial charge in [0.15, 0.2) is 0 Å². The highest BCUT2D eigenvalue weighted by Gasteiger charge is 2.26. The molecule has 26 heavy (non-hydrogen) atoms. The Labute approximate surface area is 161 Å². The zero-order valence-electron chi connectivity index (χ0n) is 14.3. The molecule has 2 aromatic rings. The van der Waals surface area contributed by atoms with Crippen molar-refractivity contribution < 1.29 is 14.7 Å². The van der Waals surface area contributed by atoms with Gasteiger partial charge in [-0.1, -0.05) is 29.3 Å². The van der Waals surface area contributed by atoms with E-state index in [2.05, 4.69) is 5.10 Å². The standard InChI is InChI=1S/C18H19Cl2N3O3/c1-11-14(18(25)26)10-21-23(11)13-4-6-22(7-5-13)17(24)9-12-2-3-15(19)16(20)8-12/h2-3,8,10,13H,4-7,9H2,1H3,(H,25,26). The molecule has 6 nitrogen and oxygen atoms in total. The number of hydrogen-bond acceptors (Lipinski definition) is 3. The van der Waals surface area contributed by atoms with Gasteiger partial charge >= 0.3 is 5.97 Å². The molecule has 0 unspecified atom stereocenters. The summed E-state index contributed by atoms with van der Waals surface area (Å²) in [7, 11) is 0. The van der Waals surface area contributed by atoms with Crippen LogP contribution in [0.1, 0.15) is 40.5 Å². The topological polar surface area (TPSA) is 75.4 Å². The number of nitrogens with zero attached hydrogens (tertiary/aromatic N) is 3. The molecule has 0 saturated carbocycles. The summed E-state index contributed by atoms with van der Waals surface area (Å²) in [6, 6.07) is 5.32. The van der Waals surface area contributed by atoms with Crippen molar-refractivity contribution in [1.29, 1.82) is 0 Å². The number of aromatic nitrogens is 2. The van der Waals surface area contributed by atoms with Gasteiger partial charge in [-0.05, 0) is 37.5 Å². The molecule has 8 heteroatoms. The molecule has 0 bridgehead atoms. The number of benzene rings is 1. The molecule has 0 atom stereocenters. The molecule has 3 rings (SSSR count). The van der Waals surface area contributed by atoms with Crippen molar-refractivity contribution in [2.75, 3.05) is 13.1 Å². The predicted octanol–water partition coefficient (Wildman–Crippen LogP) is 3.60. The summed E-state index contributed by atoms with van der Waals surface area (Å²) in [4.78, 5) is 25.5. The zero-order valence-corrected chi connectivity index (χ0v) is 15.8. The molecule has 1 amide bonds. The van der Waals surface area contributed by atoms with Gasteiger partial charge in [-0.15, -0.1) is 0 Å². The Bertz CT molecular complexity index is 842. The Hall–Kier alpha value is -2.05. The third-order valence-corrected chi connectivity index (χ3v) is 5.52. The number of carbonyl (C=O) groups is 2. The van der Waals surface area contributed by atoms with Gasteiger partial charge in [0.2, 0.25) is 5.91 Å². The van der Waals surface area contributed by atoms with Gasteiger partial charge < -0.3 is 10.0 Å². The molecule has 1 aliphatic heterocycles. The molecular weight excluding hydrogens is 377 g/mol. The number of hydrogen-bond donors (Lipinski definition) is 1. The number of rotatable bonds is 4. The molecule has 1 N–H and O–H groups in total. The summed E-state index contributed by atoms with van der Waals surface area (Å²) in [6.07, 6.45) is 3.16. The van der Waals surface area contributed by atoms with Gasteiger partial charge in [0.1, 0.15) is 5.56 Å². The number of carboxylic acid groups (broad SMARTS) is 1. The van der Waals surface area contributed by atoms with Crippen LogP contribution in [0.15, 0.2) is 24.4 Å². The number of likely N-dealkylation sites (tertiary alicyclic amines) is 1. The summed E-state index contributed by atoms with van der Waals surface area (Å²) in [5.41, 5.74) is 1.71. The minimum Gasteiger partial charge on any atom is -0.478 e. The molecule has 1 aliphatic rings. The Morgan fingerprint density at radius 2 is 1.92 bits per heavy atom. The predicted molar refractivity (Wildman–Crippen MR) is 98.9 cm³/mol. The first-order valence-corrected chi connectivity index (χ1v) is 9.11. The van der Waals surface area contributed by atoms with Crippen LogP contribution in [-0.4, -0.2) is 44.8 Å². The molecule has 2 heterocycles. The van der Waals surface area contributed by atoms with E-state index in [4.69, 9.17) is 28.3 Å². The Morgan fingerprint density at radius 1 is 1.23 bits per heavy atom. The van der Waals surface area contributed by atoms with E-state index in [0.717, 1.165) is 18.4 Å². The maximum absolute atomic E-state index is 12.5. The molecule has 1 aromatic carbocycles. The maximum atomic E-state index is 12.5. The lowest BCUT2D eigenvalue weighted by Gasteiger charge is -2.32. The number of carbonyl (C=O) groups excluding carboxylic acids is 1. The third kappa shape index (κ3) is 3.86. The second-order valence-electron chi connectivity index (χ2n) is 6.43. The van der Waals surface area contributed by atoms with Gasteiger partial charge in [0.25, 0.3) is 0 Å². The van der Waals surface area contributed by atoms with E-state index in [1.807, 2.05) is 4.90 Å².